The maximum atomic E-state index is 13.5. The van der Waals surface area contributed by atoms with E-state index in [0.717, 1.165) is 0 Å². The number of aliphatic hydroxyl groups excluding tert-OH is 1. The fourth-order valence-electron chi connectivity index (χ4n) is 1.55. The minimum atomic E-state index is -1.00. The normalized spacial score (nSPS) is 12.7. The molecule has 4 heteroatoms. The molecule has 1 atom stereocenters. The molecule has 0 aliphatic rings. The van der Waals surface area contributed by atoms with Crippen molar-refractivity contribution < 1.29 is 13.9 Å². The summed E-state index contributed by atoms with van der Waals surface area (Å²) in [5.41, 5.74) is 0.112. The minimum Gasteiger partial charge on any atom is -0.469 e. The third-order valence-electron chi connectivity index (χ3n) is 2.31. The molecule has 2 aromatic rings. The molecule has 2 nitrogen and oxygen atoms in total. The van der Waals surface area contributed by atoms with Crippen LogP contribution in [-0.2, 0) is 6.42 Å². The van der Waals surface area contributed by atoms with Crippen LogP contribution in [0, 0.1) is 5.82 Å². The monoisotopic (exact) mass is 240 g/mol. The van der Waals surface area contributed by atoms with Crippen LogP contribution >= 0.6 is 11.6 Å². The zero-order valence-corrected chi connectivity index (χ0v) is 9.12. The van der Waals surface area contributed by atoms with E-state index in [0.29, 0.717) is 5.76 Å². The first-order chi connectivity index (χ1) is 7.68. The zero-order valence-electron chi connectivity index (χ0n) is 8.36. The highest BCUT2D eigenvalue weighted by atomic mass is 35.5. The number of furan rings is 1. The Kier molecular flexibility index (Phi) is 3.27. The van der Waals surface area contributed by atoms with E-state index in [9.17, 15) is 9.50 Å². The molecule has 0 aliphatic heterocycles. The summed E-state index contributed by atoms with van der Waals surface area (Å²) in [5, 5.41) is 10.1. The number of aliphatic hydroxyl groups is 1. The molecule has 0 saturated carbocycles. The van der Waals surface area contributed by atoms with Crippen LogP contribution in [0.4, 0.5) is 4.39 Å². The third kappa shape index (κ3) is 2.26. The Bertz CT molecular complexity index is 448. The maximum absolute atomic E-state index is 13.5. The van der Waals surface area contributed by atoms with E-state index < -0.39 is 11.9 Å². The van der Waals surface area contributed by atoms with E-state index in [1.165, 1.54) is 18.4 Å². The Balaban J connectivity index is 2.24. The average molecular weight is 241 g/mol. The molecule has 1 aromatic heterocycles. The lowest BCUT2D eigenvalue weighted by Crippen LogP contribution is -2.04. The fraction of sp³-hybridized carbons (Fsp3) is 0.167. The second-order valence-corrected chi connectivity index (χ2v) is 3.84. The fourth-order valence-corrected chi connectivity index (χ4v) is 1.84. The van der Waals surface area contributed by atoms with Gasteiger partial charge < -0.3 is 9.52 Å². The van der Waals surface area contributed by atoms with E-state index in [-0.39, 0.29) is 17.0 Å². The molecule has 0 fully saturated rings. The first kappa shape index (κ1) is 11.2. The van der Waals surface area contributed by atoms with Gasteiger partial charge in [-0.2, -0.15) is 0 Å². The molecule has 0 amide bonds. The van der Waals surface area contributed by atoms with Gasteiger partial charge in [-0.15, -0.1) is 0 Å². The van der Waals surface area contributed by atoms with Crippen LogP contribution in [0.2, 0.25) is 5.02 Å². The van der Waals surface area contributed by atoms with Gasteiger partial charge in [0.25, 0.3) is 0 Å². The Morgan fingerprint density at radius 2 is 2.12 bits per heavy atom. The Morgan fingerprint density at radius 3 is 2.75 bits per heavy atom. The smallest absolute Gasteiger partial charge is 0.130 e. The predicted molar refractivity (Wildman–Crippen MR) is 58.8 cm³/mol. The molecule has 16 heavy (non-hydrogen) atoms. The van der Waals surface area contributed by atoms with Crippen molar-refractivity contribution in [2.75, 3.05) is 0 Å². The van der Waals surface area contributed by atoms with Crippen LogP contribution in [0.3, 0.4) is 0 Å². The Morgan fingerprint density at radius 1 is 1.31 bits per heavy atom. The molecular weight excluding hydrogens is 231 g/mol. The largest absolute Gasteiger partial charge is 0.469 e. The van der Waals surface area contributed by atoms with Crippen molar-refractivity contribution in [3.8, 4) is 0 Å². The summed E-state index contributed by atoms with van der Waals surface area (Å²) in [4.78, 5) is 0. The molecule has 2 rings (SSSR count). The third-order valence-corrected chi connectivity index (χ3v) is 2.64. The van der Waals surface area contributed by atoms with Gasteiger partial charge in [0.15, 0.2) is 0 Å². The molecule has 0 saturated heterocycles. The van der Waals surface area contributed by atoms with Gasteiger partial charge in [-0.3, -0.25) is 0 Å². The standard InChI is InChI=1S/C12H10ClFO2/c13-9-4-1-5-10(14)12(9)11(15)7-8-3-2-6-16-8/h1-6,11,15H,7H2. The SMILES string of the molecule is OC(Cc1ccco1)c1c(F)cccc1Cl. The van der Waals surface area contributed by atoms with Gasteiger partial charge in [0.1, 0.15) is 11.6 Å². The van der Waals surface area contributed by atoms with Gasteiger partial charge in [-0.25, -0.2) is 4.39 Å². The molecule has 1 N–H and O–H groups in total. The number of halogens is 2. The Labute approximate surface area is 97.3 Å². The molecule has 84 valence electrons. The summed E-state index contributed by atoms with van der Waals surface area (Å²) in [5.74, 6) is 0.0818. The van der Waals surface area contributed by atoms with Gasteiger partial charge in [0.05, 0.1) is 12.4 Å². The van der Waals surface area contributed by atoms with Gasteiger partial charge in [0, 0.05) is 17.0 Å². The Hall–Kier alpha value is -1.32. The summed E-state index contributed by atoms with van der Waals surface area (Å²) in [6, 6.07) is 7.75. The van der Waals surface area contributed by atoms with Gasteiger partial charge in [-0.1, -0.05) is 17.7 Å². The molecule has 0 spiro atoms. The van der Waals surface area contributed by atoms with Gasteiger partial charge >= 0.3 is 0 Å². The van der Waals surface area contributed by atoms with Crippen molar-refractivity contribution in [1.29, 1.82) is 0 Å². The van der Waals surface area contributed by atoms with E-state index in [2.05, 4.69) is 0 Å². The number of benzene rings is 1. The molecule has 1 unspecified atom stereocenters. The van der Waals surface area contributed by atoms with Crippen molar-refractivity contribution in [1.82, 2.24) is 0 Å². The predicted octanol–water partition coefficient (Wildman–Crippen LogP) is 3.35. The van der Waals surface area contributed by atoms with Crippen LogP contribution < -0.4 is 0 Å². The summed E-state index contributed by atoms with van der Waals surface area (Å²) in [6.45, 7) is 0. The molecular formula is C12H10ClFO2. The first-order valence-corrected chi connectivity index (χ1v) is 5.20. The number of rotatable bonds is 3. The van der Waals surface area contributed by atoms with Crippen LogP contribution in [0.5, 0.6) is 0 Å². The molecule has 1 heterocycles. The van der Waals surface area contributed by atoms with E-state index in [1.54, 1.807) is 18.2 Å². The second-order valence-electron chi connectivity index (χ2n) is 3.43. The zero-order chi connectivity index (χ0) is 11.5. The summed E-state index contributed by atoms with van der Waals surface area (Å²) < 4.78 is 18.5. The van der Waals surface area contributed by atoms with E-state index in [1.807, 2.05) is 0 Å². The van der Waals surface area contributed by atoms with Crippen LogP contribution in [0.15, 0.2) is 41.0 Å². The van der Waals surface area contributed by atoms with Crippen molar-refractivity contribution in [2.45, 2.75) is 12.5 Å². The average Bonchev–Trinajstić information content (AvgIpc) is 2.70. The number of hydrogen-bond donors (Lipinski definition) is 1. The van der Waals surface area contributed by atoms with Gasteiger partial charge in [-0.05, 0) is 24.3 Å². The summed E-state index contributed by atoms with van der Waals surface area (Å²) in [6.07, 6.45) is 0.707. The van der Waals surface area contributed by atoms with Crippen LogP contribution in [-0.4, -0.2) is 5.11 Å². The first-order valence-electron chi connectivity index (χ1n) is 4.83. The maximum Gasteiger partial charge on any atom is 0.130 e. The van der Waals surface area contributed by atoms with Crippen LogP contribution in [0.1, 0.15) is 17.4 Å². The molecule has 0 bridgehead atoms. The second kappa shape index (κ2) is 4.68. The number of hydrogen-bond acceptors (Lipinski definition) is 2. The molecule has 0 radical (unpaired) electrons. The highest BCUT2D eigenvalue weighted by molar-refractivity contribution is 6.31. The molecule has 0 aliphatic carbocycles. The van der Waals surface area contributed by atoms with Crippen molar-refractivity contribution in [3.63, 3.8) is 0 Å². The lowest BCUT2D eigenvalue weighted by Gasteiger charge is -2.12. The lowest BCUT2D eigenvalue weighted by atomic mass is 10.0. The lowest BCUT2D eigenvalue weighted by molar-refractivity contribution is 0.166. The van der Waals surface area contributed by atoms with Crippen LogP contribution in [0.25, 0.3) is 0 Å². The van der Waals surface area contributed by atoms with Crippen molar-refractivity contribution in [3.05, 3.63) is 58.8 Å². The van der Waals surface area contributed by atoms with E-state index >= 15 is 0 Å². The summed E-state index contributed by atoms with van der Waals surface area (Å²) >= 11 is 5.83. The molecule has 1 aromatic carbocycles. The van der Waals surface area contributed by atoms with Gasteiger partial charge in [0.2, 0.25) is 0 Å². The van der Waals surface area contributed by atoms with Crippen molar-refractivity contribution >= 4 is 11.6 Å². The van der Waals surface area contributed by atoms with Crippen molar-refractivity contribution in [2.24, 2.45) is 0 Å². The highest BCUT2D eigenvalue weighted by Crippen LogP contribution is 2.28. The quantitative estimate of drug-likeness (QED) is 0.893. The topological polar surface area (TPSA) is 33.4 Å². The highest BCUT2D eigenvalue weighted by Gasteiger charge is 2.17. The van der Waals surface area contributed by atoms with E-state index in [4.69, 9.17) is 16.0 Å². The minimum absolute atomic E-state index is 0.112. The summed E-state index contributed by atoms with van der Waals surface area (Å²) in [7, 11) is 0.